The van der Waals surface area contributed by atoms with Crippen LogP contribution >= 0.6 is 0 Å². The van der Waals surface area contributed by atoms with E-state index >= 15 is 0 Å². The number of carboxylic acid groups (broad SMARTS) is 1. The van der Waals surface area contributed by atoms with Crippen molar-refractivity contribution >= 4 is 29.9 Å². The van der Waals surface area contributed by atoms with E-state index in [0.717, 1.165) is 0 Å². The minimum Gasteiger partial charge on any atom is -0.870 e. The molecule has 13 nitrogen and oxygen atoms in total. The predicted octanol–water partition coefficient (Wildman–Crippen LogP) is 1.88. The Morgan fingerprint density at radius 3 is 1.47 bits per heavy atom. The summed E-state index contributed by atoms with van der Waals surface area (Å²) >= 11 is 0. The predicted molar refractivity (Wildman–Crippen MR) is 165 cm³/mol. The van der Waals surface area contributed by atoms with Crippen LogP contribution in [0.3, 0.4) is 0 Å². The first-order chi connectivity index (χ1) is 22.5. The van der Waals surface area contributed by atoms with Crippen LogP contribution in [0.25, 0.3) is 11.4 Å². The smallest absolute Gasteiger partial charge is 0.870 e. The van der Waals surface area contributed by atoms with E-state index in [-0.39, 0.29) is 60.4 Å². The van der Waals surface area contributed by atoms with Crippen LogP contribution in [0.4, 0.5) is 18.9 Å². The number of halogens is 3. The minimum atomic E-state index is -1.07. The third-order valence-electron chi connectivity index (χ3n) is 5.44. The molecule has 0 aliphatic heterocycles. The Hall–Kier alpha value is -5.69. The molecule has 2 aromatic heterocycles. The Morgan fingerprint density at radius 1 is 0.735 bits per heavy atom. The number of aromatic nitrogens is 4. The van der Waals surface area contributed by atoms with Crippen LogP contribution in [-0.2, 0) is 19.1 Å². The van der Waals surface area contributed by atoms with Gasteiger partial charge in [0.1, 0.15) is 17.5 Å². The minimum absolute atomic E-state index is 0. The van der Waals surface area contributed by atoms with Gasteiger partial charge in [0.05, 0.1) is 38.3 Å². The van der Waals surface area contributed by atoms with Gasteiger partial charge in [0.25, 0.3) is 0 Å². The number of ether oxygens (including phenoxy) is 2. The molecule has 5 aromatic rings. The number of anilines is 1. The zero-order valence-corrected chi connectivity index (χ0v) is 26.6. The Kier molecular flexibility index (Phi) is 20.1. The monoisotopic (exact) mass is 677 g/mol. The second kappa shape index (κ2) is 22.8. The molecule has 0 fully saturated rings. The van der Waals surface area contributed by atoms with E-state index in [1.165, 1.54) is 90.3 Å². The van der Waals surface area contributed by atoms with Crippen LogP contribution in [0, 0.1) is 17.5 Å². The Balaban J connectivity index is 0.000000658. The molecule has 2 heterocycles. The molecular weight excluding hydrogens is 646 g/mol. The van der Waals surface area contributed by atoms with Crippen molar-refractivity contribution in [3.8, 4) is 11.4 Å². The van der Waals surface area contributed by atoms with Gasteiger partial charge in [0.2, 0.25) is 6.29 Å². The molecule has 0 aliphatic rings. The summed E-state index contributed by atoms with van der Waals surface area (Å²) in [5, 5.41) is 8.84. The molecule has 0 atom stereocenters. The fourth-order valence-electron chi connectivity index (χ4n) is 3.36. The zero-order valence-electron chi connectivity index (χ0n) is 26.6. The van der Waals surface area contributed by atoms with Crippen molar-refractivity contribution in [1.29, 1.82) is 0 Å². The molecule has 3 aromatic carbocycles. The molecular formula is C32H31F3LiN5O8. The molecule has 0 amide bonds. The Morgan fingerprint density at radius 2 is 1.12 bits per heavy atom. The van der Waals surface area contributed by atoms with Crippen molar-refractivity contribution in [3.63, 3.8) is 0 Å². The first-order valence-corrected chi connectivity index (χ1v) is 13.6. The van der Waals surface area contributed by atoms with E-state index in [0.29, 0.717) is 29.4 Å². The summed E-state index contributed by atoms with van der Waals surface area (Å²) in [4.78, 5) is 49.3. The number of benzene rings is 3. The molecule has 49 heavy (non-hydrogen) atoms. The van der Waals surface area contributed by atoms with Crippen molar-refractivity contribution < 1.29 is 71.3 Å². The average molecular weight is 678 g/mol. The third kappa shape index (κ3) is 14.7. The van der Waals surface area contributed by atoms with Gasteiger partial charge in [-0.15, -0.1) is 0 Å². The number of hydrogen-bond acceptors (Lipinski definition) is 10. The topological polar surface area (TPSA) is 199 Å². The van der Waals surface area contributed by atoms with Crippen LogP contribution in [0.1, 0.15) is 34.8 Å². The Bertz CT molecular complexity index is 1710. The number of nitrogens with two attached hydrogens (primary N) is 1. The standard InChI is InChI=1S/C12H11FN2O2.C10H7FN2O2.C6H6FN.C4H6O3.Li.H2O/c1-2-17-12(16)11-7-14-8-15(11)10-5-3-9(13)4-6-10;11-7-1-3-8(4-2-7)13-6-12-5-9(13)10(14)15;7-5-1-3-6(8)4-2-5;1-2-7-4(6)3-5;;/h3-8H,2H2,1H3;1-6H,(H,14,15);1-4H,8H2;3H,2H2,1H3;;1H2/q;;;;+1;/p-1. The van der Waals surface area contributed by atoms with E-state index < -0.39 is 17.9 Å². The largest absolute Gasteiger partial charge is 1.00 e. The molecule has 17 heteroatoms. The van der Waals surface area contributed by atoms with E-state index in [4.69, 9.17) is 15.6 Å². The van der Waals surface area contributed by atoms with Crippen LogP contribution in [-0.4, -0.2) is 67.1 Å². The summed E-state index contributed by atoms with van der Waals surface area (Å²) in [6.07, 6.45) is 5.66. The molecule has 0 aliphatic carbocycles. The van der Waals surface area contributed by atoms with Crippen molar-refractivity contribution in [3.05, 3.63) is 127 Å². The second-order valence-corrected chi connectivity index (χ2v) is 8.70. The number of carboxylic acids is 1. The number of rotatable bonds is 7. The maximum absolute atomic E-state index is 12.8. The summed E-state index contributed by atoms with van der Waals surface area (Å²) in [5.74, 6) is -3.27. The molecule has 0 saturated carbocycles. The van der Waals surface area contributed by atoms with E-state index in [2.05, 4.69) is 14.7 Å². The van der Waals surface area contributed by atoms with Gasteiger partial charge in [-0.25, -0.2) is 37.5 Å². The maximum Gasteiger partial charge on any atom is 1.00 e. The molecule has 0 unspecified atom stereocenters. The van der Waals surface area contributed by atoms with Crippen LogP contribution in [0.15, 0.2) is 97.8 Å². The number of carbonyl (C=O) groups excluding carboxylic acids is 3. The molecule has 0 radical (unpaired) electrons. The maximum atomic E-state index is 12.8. The van der Waals surface area contributed by atoms with Gasteiger partial charge in [0.15, 0.2) is 11.4 Å². The van der Waals surface area contributed by atoms with Gasteiger partial charge < -0.3 is 25.8 Å². The summed E-state index contributed by atoms with van der Waals surface area (Å²) < 4.78 is 49.5. The van der Waals surface area contributed by atoms with Gasteiger partial charge in [-0.2, -0.15) is 0 Å². The normalized spacial score (nSPS) is 9.24. The first-order valence-electron chi connectivity index (χ1n) is 13.6. The van der Waals surface area contributed by atoms with Gasteiger partial charge in [-0.1, -0.05) is 0 Å². The summed E-state index contributed by atoms with van der Waals surface area (Å²) in [5.41, 5.74) is 7.43. The molecule has 4 N–H and O–H groups in total. The van der Waals surface area contributed by atoms with Crippen LogP contribution < -0.4 is 24.6 Å². The number of aromatic carboxylic acids is 1. The number of nitrogen functional groups attached to an aromatic ring is 1. The number of hydrogen-bond donors (Lipinski definition) is 2. The van der Waals surface area contributed by atoms with Crippen molar-refractivity contribution in [2.45, 2.75) is 13.8 Å². The molecule has 0 saturated heterocycles. The Labute approximate surface area is 290 Å². The molecule has 0 bridgehead atoms. The van der Waals surface area contributed by atoms with Gasteiger partial charge in [-0.3, -0.25) is 13.9 Å². The van der Waals surface area contributed by atoms with Crippen molar-refractivity contribution in [2.24, 2.45) is 0 Å². The number of carbonyl (C=O) groups is 4. The first kappa shape index (κ1) is 43.3. The van der Waals surface area contributed by atoms with Gasteiger partial charge in [0, 0.05) is 17.1 Å². The zero-order chi connectivity index (χ0) is 34.8. The summed E-state index contributed by atoms with van der Waals surface area (Å²) in [7, 11) is 0. The quantitative estimate of drug-likeness (QED) is 0.0838. The average Bonchev–Trinajstić information content (AvgIpc) is 3.76. The number of imidazole rings is 2. The molecule has 0 spiro atoms. The summed E-state index contributed by atoms with van der Waals surface area (Å²) in [6, 6.07) is 17.0. The van der Waals surface area contributed by atoms with Crippen molar-refractivity contribution in [1.82, 2.24) is 19.1 Å². The van der Waals surface area contributed by atoms with Crippen LogP contribution in [0.5, 0.6) is 0 Å². The third-order valence-corrected chi connectivity index (χ3v) is 5.44. The van der Waals surface area contributed by atoms with Gasteiger partial charge >= 0.3 is 36.8 Å². The number of nitrogens with zero attached hydrogens (tertiary/aromatic N) is 4. The van der Waals surface area contributed by atoms with Crippen molar-refractivity contribution in [2.75, 3.05) is 18.9 Å². The summed E-state index contributed by atoms with van der Waals surface area (Å²) in [6.45, 7) is 3.93. The van der Waals surface area contributed by atoms with E-state index in [1.54, 1.807) is 30.5 Å². The van der Waals surface area contributed by atoms with Crippen LogP contribution in [0.2, 0.25) is 0 Å². The van der Waals surface area contributed by atoms with E-state index in [9.17, 15) is 32.3 Å². The number of esters is 2. The SMILES string of the molecule is CCOC(=O)C=O.CCOC(=O)c1cncn1-c1ccc(F)cc1.Nc1ccc(F)cc1.O=C(O)c1cncn1-c1ccc(F)cc1.[Li+].[OH-]. The molecule has 5 rings (SSSR count). The number of aldehydes is 1. The van der Waals surface area contributed by atoms with Gasteiger partial charge in [-0.05, 0) is 86.6 Å². The van der Waals surface area contributed by atoms with E-state index in [1.807, 2.05) is 0 Å². The fourth-order valence-corrected chi connectivity index (χ4v) is 3.36. The molecule has 254 valence electrons. The second-order valence-electron chi connectivity index (χ2n) is 8.70. The fraction of sp³-hybridized carbons (Fsp3) is 0.125.